The molecule has 8 rings (SSSR count). The first-order valence-electron chi connectivity index (χ1n) is 23.7. The molecular weight excluding hydrogens is 873 g/mol. The second kappa shape index (κ2) is 19.7. The van der Waals surface area contributed by atoms with E-state index in [1.165, 1.54) is 14.2 Å². The number of nitrogens with one attached hydrogen (secondary N) is 4. The maximum absolute atomic E-state index is 14.3. The molecule has 4 aliphatic rings. The number of likely N-dealkylation sites (tertiary alicyclic amines) is 2. The van der Waals surface area contributed by atoms with Gasteiger partial charge in [-0.2, -0.15) is 0 Å². The van der Waals surface area contributed by atoms with Crippen LogP contribution in [0.3, 0.4) is 0 Å². The van der Waals surface area contributed by atoms with Gasteiger partial charge < -0.3 is 58.8 Å². The van der Waals surface area contributed by atoms with Crippen LogP contribution in [0, 0.1) is 11.8 Å². The number of carbonyl (C=O) groups is 4. The quantitative estimate of drug-likeness (QED) is 0.117. The summed E-state index contributed by atoms with van der Waals surface area (Å²) < 4.78 is 35.4. The van der Waals surface area contributed by atoms with Gasteiger partial charge in [-0.3, -0.25) is 9.59 Å². The minimum absolute atomic E-state index is 0.0626. The third-order valence-corrected chi connectivity index (χ3v) is 13.5. The molecule has 2 spiro atoms. The molecule has 8 atom stereocenters. The Bertz CT molecular complexity index is 2250. The van der Waals surface area contributed by atoms with Crippen molar-refractivity contribution in [2.24, 2.45) is 11.8 Å². The van der Waals surface area contributed by atoms with Crippen molar-refractivity contribution in [2.75, 3.05) is 27.3 Å². The van der Waals surface area contributed by atoms with E-state index in [0.29, 0.717) is 24.5 Å². The second-order valence-electron chi connectivity index (χ2n) is 19.6. The Kier molecular flexibility index (Phi) is 14.1. The predicted octanol–water partition coefficient (Wildman–Crippen LogP) is 7.26. The highest BCUT2D eigenvalue weighted by Crippen LogP contribution is 2.46. The Morgan fingerprint density at radius 1 is 0.588 bits per heavy atom. The molecule has 18 nitrogen and oxygen atoms in total. The minimum Gasteiger partial charge on any atom is -0.453 e. The number of rotatable bonds is 11. The molecule has 0 bridgehead atoms. The molecule has 4 amide bonds. The fourth-order valence-electron chi connectivity index (χ4n) is 10.4. The fraction of sp³-hybridized carbons (Fsp3) is 0.560. The number of carbonyl (C=O) groups excluding carboxylic acids is 4. The van der Waals surface area contributed by atoms with Gasteiger partial charge in [-0.25, -0.2) is 19.6 Å². The molecule has 0 radical (unpaired) electrons. The van der Waals surface area contributed by atoms with E-state index in [4.69, 9.17) is 38.4 Å². The molecular formula is C50H66N8O10. The van der Waals surface area contributed by atoms with Crippen molar-refractivity contribution in [3.8, 4) is 33.6 Å². The lowest BCUT2D eigenvalue weighted by atomic mass is 10.0. The number of benzene rings is 2. The van der Waals surface area contributed by atoms with Crippen LogP contribution in [0.4, 0.5) is 9.59 Å². The lowest BCUT2D eigenvalue weighted by Crippen LogP contribution is -2.53. The molecule has 2 aromatic carbocycles. The normalized spacial score (nSPS) is 28.0. The standard InChI is InChI=1S/C50H66N8O10/c1-27(2)41(55-47(61)63-9)45(59)57-25-49(65-29(5)19-30(6)66-49)21-39(57)43-51-23-37(53-43)35-15-11-33(12-16-35)34-13-17-36(18-14-34)38-24-52-44(54-38)40-22-50(67-31(7)20-32(8)68-50)26-58(40)46(60)42(28(3)4)56-48(62)64-10/h11-18,23-24,27-32,39-42H,19-22,25-26H2,1-10H3,(H,51,53)(H,52,54)(H,55,61)(H,56,62)/t29-,30-,31-,32-,39-,40-,41-,42-/m0/s1. The molecule has 366 valence electrons. The average Bonchev–Trinajstić information content (AvgIpc) is 4.12. The molecule has 6 heterocycles. The zero-order valence-corrected chi connectivity index (χ0v) is 40.7. The second-order valence-corrected chi connectivity index (χ2v) is 19.6. The van der Waals surface area contributed by atoms with Crippen LogP contribution >= 0.6 is 0 Å². The number of hydrogen-bond acceptors (Lipinski definition) is 12. The van der Waals surface area contributed by atoms with Crippen molar-refractivity contribution >= 4 is 24.0 Å². The summed E-state index contributed by atoms with van der Waals surface area (Å²) in [5.74, 6) is -1.83. The molecule has 4 aromatic rings. The summed E-state index contributed by atoms with van der Waals surface area (Å²) >= 11 is 0. The highest BCUT2D eigenvalue weighted by Gasteiger charge is 2.55. The summed E-state index contributed by atoms with van der Waals surface area (Å²) in [7, 11) is 2.55. The molecule has 4 fully saturated rings. The predicted molar refractivity (Wildman–Crippen MR) is 250 cm³/mol. The van der Waals surface area contributed by atoms with E-state index in [1.807, 2.05) is 79.7 Å². The van der Waals surface area contributed by atoms with E-state index in [9.17, 15) is 19.2 Å². The van der Waals surface area contributed by atoms with Crippen molar-refractivity contribution in [3.05, 3.63) is 72.6 Å². The van der Waals surface area contributed by atoms with E-state index in [0.717, 1.165) is 46.5 Å². The summed E-state index contributed by atoms with van der Waals surface area (Å²) in [6, 6.07) is 13.6. The van der Waals surface area contributed by atoms with Gasteiger partial charge in [0.15, 0.2) is 11.6 Å². The van der Waals surface area contributed by atoms with Gasteiger partial charge >= 0.3 is 12.2 Å². The van der Waals surface area contributed by atoms with Gasteiger partial charge in [-0.1, -0.05) is 76.2 Å². The van der Waals surface area contributed by atoms with Gasteiger partial charge in [0.05, 0.1) is 87.6 Å². The van der Waals surface area contributed by atoms with E-state index in [2.05, 4.69) is 44.9 Å². The third kappa shape index (κ3) is 10.1. The monoisotopic (exact) mass is 938 g/mol. The number of methoxy groups -OCH3 is 2. The van der Waals surface area contributed by atoms with Crippen molar-refractivity contribution in [3.63, 3.8) is 0 Å². The topological polar surface area (TPSA) is 212 Å². The van der Waals surface area contributed by atoms with Gasteiger partial charge in [0.25, 0.3) is 0 Å². The molecule has 2 aromatic heterocycles. The fourth-order valence-corrected chi connectivity index (χ4v) is 10.4. The van der Waals surface area contributed by atoms with Crippen LogP contribution in [0.1, 0.15) is 105 Å². The SMILES string of the molecule is COC(=O)N[C@H](C(=O)N1CC2(C[C@H]1c1ncc(-c3ccc(-c4ccc(-c5cnc([C@@H]6CC7(CN6C(=O)[C@@H](NC(=O)OC)C(C)C)O[C@@H](C)C[C@H](C)O7)[nH]5)cc4)cc3)[nH]1)O[C@@H](C)C[C@H](C)O2)C(C)C. The average molecular weight is 939 g/mol. The summed E-state index contributed by atoms with van der Waals surface area (Å²) in [4.78, 5) is 73.1. The van der Waals surface area contributed by atoms with Gasteiger partial charge in [0, 0.05) is 12.8 Å². The van der Waals surface area contributed by atoms with E-state index >= 15 is 0 Å². The van der Waals surface area contributed by atoms with Gasteiger partial charge in [-0.05, 0) is 74.6 Å². The van der Waals surface area contributed by atoms with Gasteiger partial charge in [0.1, 0.15) is 23.7 Å². The number of hydrogen-bond donors (Lipinski definition) is 4. The summed E-state index contributed by atoms with van der Waals surface area (Å²) in [5, 5.41) is 5.45. The van der Waals surface area contributed by atoms with E-state index in [-0.39, 0.29) is 61.2 Å². The molecule has 18 heteroatoms. The first-order valence-corrected chi connectivity index (χ1v) is 23.7. The number of aromatic nitrogens is 4. The lowest BCUT2D eigenvalue weighted by Gasteiger charge is -2.40. The van der Waals surface area contributed by atoms with Crippen LogP contribution in [-0.2, 0) is 38.0 Å². The Morgan fingerprint density at radius 3 is 1.22 bits per heavy atom. The summed E-state index contributed by atoms with van der Waals surface area (Å²) in [5.41, 5.74) is 5.40. The van der Waals surface area contributed by atoms with Gasteiger partial charge in [0.2, 0.25) is 11.8 Å². The zero-order valence-electron chi connectivity index (χ0n) is 40.7. The molecule has 0 unspecified atom stereocenters. The molecule has 68 heavy (non-hydrogen) atoms. The smallest absolute Gasteiger partial charge is 0.407 e. The van der Waals surface area contributed by atoms with Gasteiger partial charge in [-0.15, -0.1) is 0 Å². The lowest BCUT2D eigenvalue weighted by molar-refractivity contribution is -0.304. The number of amides is 4. The number of H-pyrrole nitrogens is 2. The van der Waals surface area contributed by atoms with Crippen LogP contribution in [0.15, 0.2) is 60.9 Å². The maximum atomic E-state index is 14.3. The number of ether oxygens (including phenoxy) is 6. The number of alkyl carbamates (subject to hydrolysis) is 2. The Morgan fingerprint density at radius 2 is 0.912 bits per heavy atom. The van der Waals surface area contributed by atoms with Crippen molar-refractivity contribution in [2.45, 2.75) is 141 Å². The summed E-state index contributed by atoms with van der Waals surface area (Å²) in [6.45, 7) is 15.9. The maximum Gasteiger partial charge on any atom is 0.407 e. The third-order valence-electron chi connectivity index (χ3n) is 13.5. The molecule has 4 saturated heterocycles. The number of imidazole rings is 2. The van der Waals surface area contributed by atoms with Crippen molar-refractivity contribution in [1.82, 2.24) is 40.4 Å². The van der Waals surface area contributed by atoms with Crippen molar-refractivity contribution in [1.29, 1.82) is 0 Å². The Hall–Kier alpha value is -5.82. The molecule has 4 N–H and O–H groups in total. The van der Waals surface area contributed by atoms with Crippen LogP contribution < -0.4 is 10.6 Å². The Labute approximate surface area is 397 Å². The number of nitrogens with zero attached hydrogens (tertiary/aromatic N) is 4. The molecule has 4 aliphatic heterocycles. The number of aromatic amines is 2. The van der Waals surface area contributed by atoms with Crippen LogP contribution in [0.5, 0.6) is 0 Å². The van der Waals surface area contributed by atoms with Crippen molar-refractivity contribution < 1.29 is 47.6 Å². The zero-order chi connectivity index (χ0) is 48.7. The largest absolute Gasteiger partial charge is 0.453 e. The summed E-state index contributed by atoms with van der Waals surface area (Å²) in [6.07, 6.45) is 4.15. The molecule has 0 saturated carbocycles. The molecule has 0 aliphatic carbocycles. The van der Waals surface area contributed by atoms with E-state index in [1.54, 1.807) is 22.2 Å². The van der Waals surface area contributed by atoms with Crippen LogP contribution in [0.25, 0.3) is 33.6 Å². The highest BCUT2D eigenvalue weighted by atomic mass is 16.7. The minimum atomic E-state index is -1.02. The van der Waals surface area contributed by atoms with E-state index < -0.39 is 47.9 Å². The van der Waals surface area contributed by atoms with Crippen LogP contribution in [0.2, 0.25) is 0 Å². The first kappa shape index (κ1) is 48.6. The van der Waals surface area contributed by atoms with Crippen LogP contribution in [-0.4, -0.2) is 129 Å². The Balaban J connectivity index is 0.989. The first-order chi connectivity index (χ1) is 32.4. The highest BCUT2D eigenvalue weighted by molar-refractivity contribution is 5.87.